The average molecular weight is 510 g/mol. The minimum Gasteiger partial charge on any atom is -0.462 e. The molecule has 8 nitrogen and oxygen atoms in total. The molecular weight excluding hydrogens is 488 g/mol. The van der Waals surface area contributed by atoms with Gasteiger partial charge in [-0.25, -0.2) is 19.2 Å². The van der Waals surface area contributed by atoms with Gasteiger partial charge in [0.1, 0.15) is 0 Å². The number of carbonyl (C=O) groups is 4. The van der Waals surface area contributed by atoms with Crippen molar-refractivity contribution in [3.63, 3.8) is 0 Å². The quantitative estimate of drug-likeness (QED) is 0.225. The molecule has 0 N–H and O–H groups in total. The summed E-state index contributed by atoms with van der Waals surface area (Å²) in [4.78, 5) is 51.4. The van der Waals surface area contributed by atoms with E-state index in [-0.39, 0.29) is 46.1 Å². The van der Waals surface area contributed by atoms with Crippen LogP contribution in [0.1, 0.15) is 48.4 Å². The van der Waals surface area contributed by atoms with Gasteiger partial charge in [0.2, 0.25) is 5.75 Å². The van der Waals surface area contributed by atoms with Crippen molar-refractivity contribution in [2.24, 2.45) is 0 Å². The minimum absolute atomic E-state index is 0.0713. The van der Waals surface area contributed by atoms with Crippen LogP contribution in [0, 0.1) is 0 Å². The zero-order valence-electron chi connectivity index (χ0n) is 20.3. The zero-order chi connectivity index (χ0) is 26.9. The Balaban J connectivity index is 1.81. The molecule has 0 aliphatic carbocycles. The maximum atomic E-state index is 13.0. The van der Waals surface area contributed by atoms with Gasteiger partial charge in [0.05, 0.1) is 28.9 Å². The Morgan fingerprint density at radius 1 is 0.500 bits per heavy atom. The molecular formula is C30H22O8. The molecule has 0 unspecified atom stereocenters. The fourth-order valence-electron chi connectivity index (χ4n) is 3.35. The number of benzene rings is 4. The van der Waals surface area contributed by atoms with Crippen LogP contribution in [-0.4, -0.2) is 30.5 Å². The lowest BCUT2D eigenvalue weighted by molar-refractivity contribution is 0.0521. The number of hydrogen-bond donors (Lipinski definition) is 0. The molecule has 0 spiro atoms. The molecule has 0 aliphatic rings. The second kappa shape index (κ2) is 12.1. The lowest BCUT2D eigenvalue weighted by Crippen LogP contribution is -2.16. The monoisotopic (exact) mass is 510 g/mol. The van der Waals surface area contributed by atoms with E-state index in [4.69, 9.17) is 18.9 Å². The van der Waals surface area contributed by atoms with Crippen molar-refractivity contribution in [2.45, 2.75) is 6.92 Å². The standard InChI is InChI=1S/C30H22O8/c1-2-35-27(31)23-18-24(36-28(32)20-12-6-3-7-13-20)26(38-30(34)22-16-10-5-11-17-22)25(19-23)37-29(33)21-14-8-4-9-15-21/h3-19H,2H2,1H3. The van der Waals surface area contributed by atoms with Gasteiger partial charge in [0, 0.05) is 0 Å². The number of ether oxygens (including phenoxy) is 4. The first-order chi connectivity index (χ1) is 18.5. The predicted octanol–water partition coefficient (Wildman–Crippen LogP) is 5.52. The van der Waals surface area contributed by atoms with Crippen LogP contribution < -0.4 is 14.2 Å². The Labute approximate surface area is 218 Å². The number of esters is 4. The Kier molecular flexibility index (Phi) is 8.25. The molecule has 4 aromatic rings. The Morgan fingerprint density at radius 2 is 0.868 bits per heavy atom. The van der Waals surface area contributed by atoms with E-state index >= 15 is 0 Å². The molecule has 4 aromatic carbocycles. The van der Waals surface area contributed by atoms with Crippen molar-refractivity contribution in [2.75, 3.05) is 6.61 Å². The summed E-state index contributed by atoms with van der Waals surface area (Å²) in [5, 5.41) is 0. The van der Waals surface area contributed by atoms with Crippen molar-refractivity contribution in [1.82, 2.24) is 0 Å². The van der Waals surface area contributed by atoms with Crippen LogP contribution in [0.3, 0.4) is 0 Å². The van der Waals surface area contributed by atoms with E-state index in [0.29, 0.717) is 0 Å². The average Bonchev–Trinajstić information content (AvgIpc) is 2.95. The van der Waals surface area contributed by atoms with Gasteiger partial charge < -0.3 is 18.9 Å². The van der Waals surface area contributed by atoms with E-state index in [9.17, 15) is 19.2 Å². The minimum atomic E-state index is -0.802. The SMILES string of the molecule is CCOC(=O)c1cc(OC(=O)c2ccccc2)c(OC(=O)c2ccccc2)c(OC(=O)c2ccccc2)c1. The van der Waals surface area contributed by atoms with Crippen molar-refractivity contribution in [1.29, 1.82) is 0 Å². The largest absolute Gasteiger partial charge is 0.462 e. The summed E-state index contributed by atoms with van der Waals surface area (Å²) in [6.45, 7) is 1.70. The van der Waals surface area contributed by atoms with Crippen molar-refractivity contribution >= 4 is 23.9 Å². The molecule has 0 fully saturated rings. The lowest BCUT2D eigenvalue weighted by Gasteiger charge is -2.16. The van der Waals surface area contributed by atoms with Crippen LogP contribution in [0.25, 0.3) is 0 Å². The highest BCUT2D eigenvalue weighted by molar-refractivity contribution is 5.97. The third-order valence-corrected chi connectivity index (χ3v) is 5.16. The predicted molar refractivity (Wildman–Crippen MR) is 137 cm³/mol. The first-order valence-electron chi connectivity index (χ1n) is 11.6. The number of carbonyl (C=O) groups excluding carboxylic acids is 4. The summed E-state index contributed by atoms with van der Waals surface area (Å²) in [5.74, 6) is -4.13. The molecule has 0 bridgehead atoms. The molecule has 38 heavy (non-hydrogen) atoms. The maximum absolute atomic E-state index is 13.0. The van der Waals surface area contributed by atoms with Crippen LogP contribution in [-0.2, 0) is 4.74 Å². The number of rotatable bonds is 8. The van der Waals surface area contributed by atoms with Gasteiger partial charge in [-0.15, -0.1) is 0 Å². The lowest BCUT2D eigenvalue weighted by atomic mass is 10.1. The fraction of sp³-hybridized carbons (Fsp3) is 0.0667. The van der Waals surface area contributed by atoms with Crippen LogP contribution >= 0.6 is 0 Å². The van der Waals surface area contributed by atoms with Gasteiger partial charge in [0.15, 0.2) is 11.5 Å². The molecule has 0 aliphatic heterocycles. The van der Waals surface area contributed by atoms with Crippen LogP contribution in [0.15, 0.2) is 103 Å². The molecule has 0 heterocycles. The fourth-order valence-corrected chi connectivity index (χ4v) is 3.35. The molecule has 8 heteroatoms. The molecule has 0 aromatic heterocycles. The molecule has 4 rings (SSSR count). The smallest absolute Gasteiger partial charge is 0.343 e. The summed E-state index contributed by atoms with van der Waals surface area (Å²) >= 11 is 0. The van der Waals surface area contributed by atoms with Crippen LogP contribution in [0.5, 0.6) is 17.2 Å². The van der Waals surface area contributed by atoms with Crippen LogP contribution in [0.4, 0.5) is 0 Å². The highest BCUT2D eigenvalue weighted by atomic mass is 16.6. The van der Waals surface area contributed by atoms with E-state index in [1.54, 1.807) is 61.5 Å². The Morgan fingerprint density at radius 3 is 1.24 bits per heavy atom. The van der Waals surface area contributed by atoms with Gasteiger partial charge in [0.25, 0.3) is 0 Å². The van der Waals surface area contributed by atoms with Gasteiger partial charge >= 0.3 is 23.9 Å². The van der Waals surface area contributed by atoms with E-state index in [1.165, 1.54) is 48.5 Å². The van der Waals surface area contributed by atoms with Gasteiger partial charge in [-0.3, -0.25) is 0 Å². The Bertz CT molecular complexity index is 1370. The normalized spacial score (nSPS) is 10.2. The van der Waals surface area contributed by atoms with Crippen molar-refractivity contribution in [3.05, 3.63) is 125 Å². The van der Waals surface area contributed by atoms with Gasteiger partial charge in [-0.1, -0.05) is 54.6 Å². The third-order valence-electron chi connectivity index (χ3n) is 5.16. The molecule has 190 valence electrons. The summed E-state index contributed by atoms with van der Waals surface area (Å²) in [7, 11) is 0. The van der Waals surface area contributed by atoms with Gasteiger partial charge in [-0.05, 0) is 55.5 Å². The Hall–Kier alpha value is -5.24. The highest BCUT2D eigenvalue weighted by Gasteiger charge is 2.26. The zero-order valence-corrected chi connectivity index (χ0v) is 20.3. The maximum Gasteiger partial charge on any atom is 0.343 e. The third kappa shape index (κ3) is 6.30. The summed E-state index contributed by atoms with van der Waals surface area (Å²) in [6, 6.07) is 26.6. The van der Waals surface area contributed by atoms with Crippen molar-refractivity contribution in [3.8, 4) is 17.2 Å². The second-order valence-electron chi connectivity index (χ2n) is 7.79. The van der Waals surface area contributed by atoms with Crippen molar-refractivity contribution < 1.29 is 38.1 Å². The summed E-state index contributed by atoms with van der Waals surface area (Å²) in [6.07, 6.45) is 0. The molecule has 0 saturated carbocycles. The summed E-state index contributed by atoms with van der Waals surface area (Å²) in [5.41, 5.74) is 0.523. The first-order valence-corrected chi connectivity index (χ1v) is 11.6. The second-order valence-corrected chi connectivity index (χ2v) is 7.79. The van der Waals surface area contributed by atoms with E-state index in [0.717, 1.165) is 0 Å². The molecule has 0 atom stereocenters. The summed E-state index contributed by atoms with van der Waals surface area (Å²) < 4.78 is 21.8. The van der Waals surface area contributed by atoms with Crippen LogP contribution in [0.2, 0.25) is 0 Å². The van der Waals surface area contributed by atoms with E-state index < -0.39 is 23.9 Å². The highest BCUT2D eigenvalue weighted by Crippen LogP contribution is 2.40. The van der Waals surface area contributed by atoms with E-state index in [2.05, 4.69) is 0 Å². The topological polar surface area (TPSA) is 105 Å². The number of hydrogen-bond acceptors (Lipinski definition) is 8. The van der Waals surface area contributed by atoms with E-state index in [1.807, 2.05) is 0 Å². The molecule has 0 saturated heterocycles. The molecule has 0 amide bonds. The first kappa shape index (κ1) is 25.8. The molecule has 0 radical (unpaired) electrons. The van der Waals surface area contributed by atoms with Gasteiger partial charge in [-0.2, -0.15) is 0 Å².